The molecule has 0 unspecified atom stereocenters. The summed E-state index contributed by atoms with van der Waals surface area (Å²) in [7, 11) is 1.25. The molecule has 0 atom stereocenters. The fraction of sp³-hybridized carbons (Fsp3) is 0.250. The lowest BCUT2D eigenvalue weighted by Gasteiger charge is -2.13. The lowest BCUT2D eigenvalue weighted by Crippen LogP contribution is -2.35. The Hall–Kier alpha value is -2.74. The average molecular weight is 349 g/mol. The van der Waals surface area contributed by atoms with Crippen LogP contribution in [0.3, 0.4) is 0 Å². The summed E-state index contributed by atoms with van der Waals surface area (Å²) < 4.78 is 4.46. The molecule has 8 heteroatoms. The fourth-order valence-corrected chi connectivity index (χ4v) is 1.93. The van der Waals surface area contributed by atoms with Crippen LogP contribution in [0.5, 0.6) is 0 Å². The predicted octanol–water partition coefficient (Wildman–Crippen LogP) is 1.37. The molecule has 0 aliphatic carbocycles. The van der Waals surface area contributed by atoms with Crippen LogP contribution >= 0.6 is 12.2 Å². The van der Waals surface area contributed by atoms with E-state index in [0.29, 0.717) is 17.8 Å². The maximum absolute atomic E-state index is 12.1. The van der Waals surface area contributed by atoms with Gasteiger partial charge in [-0.3, -0.25) is 14.4 Å². The van der Waals surface area contributed by atoms with Crippen molar-refractivity contribution in [3.8, 4) is 0 Å². The molecule has 0 fully saturated rings. The van der Waals surface area contributed by atoms with Crippen LogP contribution in [0.2, 0.25) is 0 Å². The predicted molar refractivity (Wildman–Crippen MR) is 94.6 cm³/mol. The van der Waals surface area contributed by atoms with E-state index in [1.54, 1.807) is 30.3 Å². The van der Waals surface area contributed by atoms with Gasteiger partial charge in [0.25, 0.3) is 5.91 Å². The Kier molecular flexibility index (Phi) is 8.14. The molecule has 0 heterocycles. The number of ether oxygens (including phenoxy) is 1. The van der Waals surface area contributed by atoms with E-state index in [4.69, 9.17) is 12.2 Å². The molecule has 0 aliphatic rings. The number of anilines is 1. The van der Waals surface area contributed by atoms with Gasteiger partial charge in [0.2, 0.25) is 5.91 Å². The maximum Gasteiger partial charge on any atom is 0.306 e. The standard InChI is InChI=1S/C16H19N3O4S/c1-3-10-17-15(22)11-6-4-5-7-12(11)18-16(24)19-13(20)8-9-14(21)23-2/h3-7H,1,8-10H2,2H3,(H,17,22)(H2,18,19,20,24). The van der Waals surface area contributed by atoms with Gasteiger partial charge >= 0.3 is 5.97 Å². The molecule has 2 amide bonds. The minimum absolute atomic E-state index is 0.0360. The third kappa shape index (κ3) is 6.57. The number of esters is 1. The largest absolute Gasteiger partial charge is 0.469 e. The Morgan fingerprint density at radius 3 is 2.62 bits per heavy atom. The van der Waals surface area contributed by atoms with Crippen molar-refractivity contribution in [1.82, 2.24) is 10.6 Å². The lowest BCUT2D eigenvalue weighted by atomic mass is 10.1. The molecule has 128 valence electrons. The zero-order valence-corrected chi connectivity index (χ0v) is 14.1. The first-order valence-electron chi connectivity index (χ1n) is 7.13. The third-order valence-electron chi connectivity index (χ3n) is 2.86. The van der Waals surface area contributed by atoms with Crippen LogP contribution in [0.15, 0.2) is 36.9 Å². The second kappa shape index (κ2) is 10.1. The van der Waals surface area contributed by atoms with Crippen LogP contribution < -0.4 is 16.0 Å². The number of benzene rings is 1. The van der Waals surface area contributed by atoms with Gasteiger partial charge in [-0.1, -0.05) is 18.2 Å². The van der Waals surface area contributed by atoms with E-state index in [-0.39, 0.29) is 23.9 Å². The number of hydrogen-bond acceptors (Lipinski definition) is 5. The second-order valence-electron chi connectivity index (χ2n) is 4.62. The molecule has 0 aromatic heterocycles. The number of carbonyl (C=O) groups is 3. The third-order valence-corrected chi connectivity index (χ3v) is 3.07. The van der Waals surface area contributed by atoms with Gasteiger partial charge in [-0.15, -0.1) is 6.58 Å². The van der Waals surface area contributed by atoms with Gasteiger partial charge in [0, 0.05) is 13.0 Å². The quantitative estimate of drug-likeness (QED) is 0.391. The number of para-hydroxylation sites is 1. The molecular formula is C16H19N3O4S. The van der Waals surface area contributed by atoms with Gasteiger partial charge in [0.05, 0.1) is 24.8 Å². The Morgan fingerprint density at radius 2 is 1.96 bits per heavy atom. The van der Waals surface area contributed by atoms with E-state index in [1.165, 1.54) is 7.11 Å². The first-order chi connectivity index (χ1) is 11.5. The molecule has 3 N–H and O–H groups in total. The average Bonchev–Trinajstić information content (AvgIpc) is 2.57. The molecule has 1 aromatic carbocycles. The molecule has 0 spiro atoms. The zero-order valence-electron chi connectivity index (χ0n) is 13.3. The Balaban J connectivity index is 2.64. The molecule has 0 saturated heterocycles. The van der Waals surface area contributed by atoms with Gasteiger partial charge in [0.15, 0.2) is 5.11 Å². The van der Waals surface area contributed by atoms with E-state index >= 15 is 0 Å². The molecule has 24 heavy (non-hydrogen) atoms. The van der Waals surface area contributed by atoms with Crippen molar-refractivity contribution in [2.24, 2.45) is 0 Å². The van der Waals surface area contributed by atoms with Crippen LogP contribution in [-0.4, -0.2) is 36.6 Å². The molecule has 0 saturated carbocycles. The highest BCUT2D eigenvalue weighted by Gasteiger charge is 2.13. The number of carbonyl (C=O) groups excluding carboxylic acids is 3. The SMILES string of the molecule is C=CCNC(=O)c1ccccc1NC(=S)NC(=O)CCC(=O)OC. The van der Waals surface area contributed by atoms with Crippen molar-refractivity contribution in [3.05, 3.63) is 42.5 Å². The summed E-state index contributed by atoms with van der Waals surface area (Å²) in [5.74, 6) is -1.20. The van der Waals surface area contributed by atoms with Crippen LogP contribution in [0.25, 0.3) is 0 Å². The van der Waals surface area contributed by atoms with E-state index in [2.05, 4.69) is 27.3 Å². The Bertz CT molecular complexity index is 646. The molecule has 0 bridgehead atoms. The van der Waals surface area contributed by atoms with Gasteiger partial charge in [-0.2, -0.15) is 0 Å². The molecule has 1 aromatic rings. The summed E-state index contributed by atoms with van der Waals surface area (Å²) in [6, 6.07) is 6.73. The van der Waals surface area contributed by atoms with Gasteiger partial charge < -0.3 is 20.7 Å². The van der Waals surface area contributed by atoms with Crippen LogP contribution in [0.4, 0.5) is 5.69 Å². The van der Waals surface area contributed by atoms with Gasteiger partial charge in [0.1, 0.15) is 0 Å². The smallest absolute Gasteiger partial charge is 0.306 e. The van der Waals surface area contributed by atoms with Crippen LogP contribution in [-0.2, 0) is 14.3 Å². The fourth-order valence-electron chi connectivity index (χ4n) is 1.71. The minimum atomic E-state index is -0.478. The van der Waals surface area contributed by atoms with E-state index in [9.17, 15) is 14.4 Å². The number of rotatable bonds is 7. The number of nitrogens with one attached hydrogen (secondary N) is 3. The molecular weight excluding hydrogens is 330 g/mol. The Labute approximate surface area is 145 Å². The van der Waals surface area contributed by atoms with Crippen molar-refractivity contribution in [1.29, 1.82) is 0 Å². The number of amides is 2. The number of thiocarbonyl (C=S) groups is 1. The molecule has 7 nitrogen and oxygen atoms in total. The molecule has 1 rings (SSSR count). The maximum atomic E-state index is 12.1. The topological polar surface area (TPSA) is 96.5 Å². The summed E-state index contributed by atoms with van der Waals surface area (Å²) in [5, 5.41) is 7.94. The first-order valence-corrected chi connectivity index (χ1v) is 7.54. The van der Waals surface area contributed by atoms with Crippen LogP contribution in [0.1, 0.15) is 23.2 Å². The summed E-state index contributed by atoms with van der Waals surface area (Å²) in [4.78, 5) is 34.7. The van der Waals surface area contributed by atoms with E-state index in [0.717, 1.165) is 0 Å². The number of methoxy groups -OCH3 is 1. The first kappa shape index (κ1) is 19.3. The summed E-state index contributed by atoms with van der Waals surface area (Å²) in [6.45, 7) is 3.87. The summed E-state index contributed by atoms with van der Waals surface area (Å²) in [5.41, 5.74) is 0.836. The Morgan fingerprint density at radius 1 is 1.25 bits per heavy atom. The highest BCUT2D eigenvalue weighted by molar-refractivity contribution is 7.80. The number of hydrogen-bond donors (Lipinski definition) is 3. The van der Waals surface area contributed by atoms with Crippen molar-refractivity contribution in [2.45, 2.75) is 12.8 Å². The van der Waals surface area contributed by atoms with Gasteiger partial charge in [-0.05, 0) is 24.4 Å². The van der Waals surface area contributed by atoms with Crippen molar-refractivity contribution >= 4 is 40.8 Å². The highest BCUT2D eigenvalue weighted by Crippen LogP contribution is 2.14. The summed E-state index contributed by atoms with van der Waals surface area (Å²) in [6.07, 6.45) is 1.49. The molecule has 0 aliphatic heterocycles. The van der Waals surface area contributed by atoms with E-state index < -0.39 is 11.9 Å². The normalized spacial score (nSPS) is 9.54. The zero-order chi connectivity index (χ0) is 17.9. The van der Waals surface area contributed by atoms with Crippen molar-refractivity contribution in [3.63, 3.8) is 0 Å². The van der Waals surface area contributed by atoms with Crippen molar-refractivity contribution in [2.75, 3.05) is 19.0 Å². The second-order valence-corrected chi connectivity index (χ2v) is 5.03. The van der Waals surface area contributed by atoms with Gasteiger partial charge in [-0.25, -0.2) is 0 Å². The lowest BCUT2D eigenvalue weighted by molar-refractivity contribution is -0.142. The summed E-state index contributed by atoms with van der Waals surface area (Å²) >= 11 is 5.05. The monoisotopic (exact) mass is 349 g/mol. The van der Waals surface area contributed by atoms with Crippen LogP contribution in [0, 0.1) is 0 Å². The minimum Gasteiger partial charge on any atom is -0.469 e. The molecule has 0 radical (unpaired) electrons. The van der Waals surface area contributed by atoms with E-state index in [1.807, 2.05) is 0 Å². The highest BCUT2D eigenvalue weighted by atomic mass is 32.1. The van der Waals surface area contributed by atoms with Crippen molar-refractivity contribution < 1.29 is 19.1 Å².